The lowest BCUT2D eigenvalue weighted by atomic mass is 10.3. The number of nitrogens with one attached hydrogen (secondary N) is 1. The molecule has 1 saturated carbocycles. The number of nitrogens with zero attached hydrogens (tertiary/aromatic N) is 3. The summed E-state index contributed by atoms with van der Waals surface area (Å²) in [5.41, 5.74) is 5.81. The summed E-state index contributed by atoms with van der Waals surface area (Å²) in [5.74, 6) is -1.51. The van der Waals surface area contributed by atoms with Crippen LogP contribution in [0.3, 0.4) is 0 Å². The number of nitrogen functional groups attached to an aromatic ring is 1. The molecule has 0 radical (unpaired) electrons. The Morgan fingerprint density at radius 1 is 1.32 bits per heavy atom. The van der Waals surface area contributed by atoms with Crippen LogP contribution in [0.4, 0.5) is 20.4 Å². The molecule has 0 aliphatic heterocycles. The van der Waals surface area contributed by atoms with Crippen molar-refractivity contribution in [3.8, 4) is 0 Å². The Labute approximate surface area is 129 Å². The SMILES string of the molecule is Nc1nnc(SCC(=O)Nc2cc(F)cc(F)c2)n1C1CC1. The Morgan fingerprint density at radius 3 is 2.64 bits per heavy atom. The highest BCUT2D eigenvalue weighted by atomic mass is 32.2. The molecule has 1 fully saturated rings. The van der Waals surface area contributed by atoms with Gasteiger partial charge in [-0.1, -0.05) is 11.8 Å². The van der Waals surface area contributed by atoms with Crippen molar-refractivity contribution in [3.63, 3.8) is 0 Å². The van der Waals surface area contributed by atoms with E-state index in [0.717, 1.165) is 31.0 Å². The van der Waals surface area contributed by atoms with E-state index in [0.29, 0.717) is 17.1 Å². The van der Waals surface area contributed by atoms with Gasteiger partial charge in [-0.05, 0) is 25.0 Å². The van der Waals surface area contributed by atoms with Gasteiger partial charge in [-0.3, -0.25) is 9.36 Å². The number of benzene rings is 1. The van der Waals surface area contributed by atoms with Crippen LogP contribution in [0, 0.1) is 11.6 Å². The molecule has 0 spiro atoms. The topological polar surface area (TPSA) is 85.8 Å². The van der Waals surface area contributed by atoms with E-state index in [4.69, 9.17) is 5.73 Å². The van der Waals surface area contributed by atoms with Crippen LogP contribution >= 0.6 is 11.8 Å². The van der Waals surface area contributed by atoms with E-state index in [1.165, 1.54) is 11.8 Å². The molecule has 1 aromatic heterocycles. The van der Waals surface area contributed by atoms with Gasteiger partial charge >= 0.3 is 0 Å². The zero-order chi connectivity index (χ0) is 15.7. The van der Waals surface area contributed by atoms with Gasteiger partial charge in [-0.2, -0.15) is 0 Å². The molecule has 22 heavy (non-hydrogen) atoms. The number of rotatable bonds is 5. The Hall–Kier alpha value is -2.16. The second kappa shape index (κ2) is 5.91. The summed E-state index contributed by atoms with van der Waals surface area (Å²) >= 11 is 1.18. The predicted octanol–water partition coefficient (Wildman–Crippen LogP) is 2.20. The number of halogens is 2. The van der Waals surface area contributed by atoms with Gasteiger partial charge < -0.3 is 11.1 Å². The Kier molecular flexibility index (Phi) is 3.97. The lowest BCUT2D eigenvalue weighted by molar-refractivity contribution is -0.113. The number of anilines is 2. The highest BCUT2D eigenvalue weighted by Gasteiger charge is 2.29. The molecule has 0 bridgehead atoms. The first-order valence-electron chi connectivity index (χ1n) is 6.62. The molecule has 1 aliphatic rings. The maximum atomic E-state index is 13.0. The smallest absolute Gasteiger partial charge is 0.234 e. The second-order valence-electron chi connectivity index (χ2n) is 4.94. The molecular weight excluding hydrogens is 312 g/mol. The molecular formula is C13H13F2N5OS. The minimum Gasteiger partial charge on any atom is -0.368 e. The summed E-state index contributed by atoms with van der Waals surface area (Å²) in [5, 5.41) is 10.7. The zero-order valence-corrected chi connectivity index (χ0v) is 12.2. The monoisotopic (exact) mass is 325 g/mol. The minimum absolute atomic E-state index is 0.0446. The lowest BCUT2D eigenvalue weighted by Gasteiger charge is -2.07. The van der Waals surface area contributed by atoms with Crippen LogP contribution in [0.2, 0.25) is 0 Å². The Balaban J connectivity index is 1.60. The van der Waals surface area contributed by atoms with Crippen molar-refractivity contribution in [3.05, 3.63) is 29.8 Å². The average Bonchev–Trinajstić information content (AvgIpc) is 3.19. The van der Waals surface area contributed by atoms with E-state index in [2.05, 4.69) is 15.5 Å². The van der Waals surface area contributed by atoms with Crippen molar-refractivity contribution in [2.75, 3.05) is 16.8 Å². The maximum absolute atomic E-state index is 13.0. The van der Waals surface area contributed by atoms with Gasteiger partial charge in [0.05, 0.1) is 5.75 Å². The van der Waals surface area contributed by atoms with Gasteiger partial charge in [0.2, 0.25) is 11.9 Å². The molecule has 0 atom stereocenters. The van der Waals surface area contributed by atoms with E-state index in [1.54, 1.807) is 4.57 Å². The molecule has 2 aromatic rings. The summed E-state index contributed by atoms with van der Waals surface area (Å²) in [4.78, 5) is 11.8. The van der Waals surface area contributed by atoms with Gasteiger partial charge in [0.1, 0.15) is 11.6 Å². The normalized spacial score (nSPS) is 14.1. The van der Waals surface area contributed by atoms with Crippen molar-refractivity contribution in [2.45, 2.75) is 24.0 Å². The number of carbonyl (C=O) groups excluding carboxylic acids is 1. The molecule has 1 amide bonds. The quantitative estimate of drug-likeness (QED) is 0.823. The Morgan fingerprint density at radius 2 is 2.00 bits per heavy atom. The van der Waals surface area contributed by atoms with E-state index in [1.807, 2.05) is 0 Å². The number of thioether (sulfide) groups is 1. The van der Waals surface area contributed by atoms with E-state index < -0.39 is 11.6 Å². The largest absolute Gasteiger partial charge is 0.368 e. The number of hydrogen-bond donors (Lipinski definition) is 2. The van der Waals surface area contributed by atoms with Crippen molar-refractivity contribution >= 4 is 29.3 Å². The van der Waals surface area contributed by atoms with Crippen molar-refractivity contribution in [2.24, 2.45) is 0 Å². The van der Waals surface area contributed by atoms with Crippen LogP contribution in [0.1, 0.15) is 18.9 Å². The van der Waals surface area contributed by atoms with Crippen LogP contribution in [-0.4, -0.2) is 26.4 Å². The van der Waals surface area contributed by atoms with Crippen molar-refractivity contribution < 1.29 is 13.6 Å². The molecule has 6 nitrogen and oxygen atoms in total. The molecule has 9 heteroatoms. The molecule has 3 N–H and O–H groups in total. The fourth-order valence-electron chi connectivity index (χ4n) is 2.02. The predicted molar refractivity (Wildman–Crippen MR) is 78.4 cm³/mol. The van der Waals surface area contributed by atoms with Crippen LogP contribution in [0.5, 0.6) is 0 Å². The van der Waals surface area contributed by atoms with Gasteiger partial charge in [-0.25, -0.2) is 8.78 Å². The standard InChI is InChI=1S/C13H13F2N5OS/c14-7-3-8(15)5-9(4-7)17-11(21)6-22-13-19-18-12(16)20(13)10-1-2-10/h3-5,10H,1-2,6H2,(H2,16,18)(H,17,21). The molecule has 0 saturated heterocycles. The van der Waals surface area contributed by atoms with E-state index in [-0.39, 0.29) is 17.3 Å². The fourth-order valence-corrected chi connectivity index (χ4v) is 2.83. The molecule has 3 rings (SSSR count). The van der Waals surface area contributed by atoms with Gasteiger partial charge in [0.25, 0.3) is 0 Å². The van der Waals surface area contributed by atoms with Gasteiger partial charge in [-0.15, -0.1) is 10.2 Å². The highest BCUT2D eigenvalue weighted by Crippen LogP contribution is 2.39. The first kappa shape index (κ1) is 14.8. The van der Waals surface area contributed by atoms with Crippen LogP contribution in [-0.2, 0) is 4.79 Å². The third-order valence-electron chi connectivity index (χ3n) is 3.08. The van der Waals surface area contributed by atoms with Crippen molar-refractivity contribution in [1.82, 2.24) is 14.8 Å². The number of aromatic nitrogens is 3. The lowest BCUT2D eigenvalue weighted by Crippen LogP contribution is -2.15. The molecule has 1 heterocycles. The number of amides is 1. The van der Waals surface area contributed by atoms with Crippen LogP contribution in [0.25, 0.3) is 0 Å². The zero-order valence-electron chi connectivity index (χ0n) is 11.4. The van der Waals surface area contributed by atoms with Gasteiger partial charge in [0, 0.05) is 17.8 Å². The van der Waals surface area contributed by atoms with E-state index in [9.17, 15) is 13.6 Å². The molecule has 0 unspecified atom stereocenters. The van der Waals surface area contributed by atoms with E-state index >= 15 is 0 Å². The first-order chi connectivity index (χ1) is 10.5. The minimum atomic E-state index is -0.746. The fraction of sp³-hybridized carbons (Fsp3) is 0.308. The number of hydrogen-bond acceptors (Lipinski definition) is 5. The number of carbonyl (C=O) groups is 1. The van der Waals surface area contributed by atoms with Crippen LogP contribution < -0.4 is 11.1 Å². The molecule has 1 aliphatic carbocycles. The average molecular weight is 325 g/mol. The van der Waals surface area contributed by atoms with Crippen molar-refractivity contribution in [1.29, 1.82) is 0 Å². The number of nitrogens with two attached hydrogens (primary N) is 1. The van der Waals surface area contributed by atoms with Crippen LogP contribution in [0.15, 0.2) is 23.4 Å². The first-order valence-corrected chi connectivity index (χ1v) is 7.60. The summed E-state index contributed by atoms with van der Waals surface area (Å²) in [6.07, 6.45) is 2.04. The summed E-state index contributed by atoms with van der Waals surface area (Å²) in [6, 6.07) is 3.15. The Bertz CT molecular complexity index is 696. The third-order valence-corrected chi connectivity index (χ3v) is 4.02. The summed E-state index contributed by atoms with van der Waals surface area (Å²) in [6.45, 7) is 0. The molecule has 1 aromatic carbocycles. The highest BCUT2D eigenvalue weighted by molar-refractivity contribution is 7.99. The summed E-state index contributed by atoms with van der Waals surface area (Å²) in [7, 11) is 0. The third kappa shape index (κ3) is 3.35. The summed E-state index contributed by atoms with van der Waals surface area (Å²) < 4.78 is 27.9. The van der Waals surface area contributed by atoms with Gasteiger partial charge in [0.15, 0.2) is 5.16 Å². The maximum Gasteiger partial charge on any atom is 0.234 e. The molecule has 116 valence electrons. The second-order valence-corrected chi connectivity index (χ2v) is 5.88.